The van der Waals surface area contributed by atoms with Crippen LogP contribution in [0.5, 0.6) is 0 Å². The Morgan fingerprint density at radius 1 is 1.15 bits per heavy atom. The number of ether oxygens (including phenoxy) is 4. The van der Waals surface area contributed by atoms with Crippen LogP contribution in [0.15, 0.2) is 30.3 Å². The summed E-state index contributed by atoms with van der Waals surface area (Å²) in [6.45, 7) is 14.7. The third-order valence-electron chi connectivity index (χ3n) is 7.38. The molecule has 196 valence electrons. The van der Waals surface area contributed by atoms with Crippen LogP contribution in [0.4, 0.5) is 0 Å². The van der Waals surface area contributed by atoms with Crippen LogP contribution in [-0.2, 0) is 30.0 Å². The molecular formula is C27H48O6Si. The van der Waals surface area contributed by atoms with Crippen molar-refractivity contribution in [3.63, 3.8) is 0 Å². The minimum absolute atomic E-state index is 0.0496. The van der Waals surface area contributed by atoms with Gasteiger partial charge in [-0.05, 0) is 48.4 Å². The molecular weight excluding hydrogens is 448 g/mol. The average Bonchev–Trinajstić information content (AvgIpc) is 3.16. The first kappa shape index (κ1) is 29.4. The molecule has 6 nitrogen and oxygen atoms in total. The van der Waals surface area contributed by atoms with Crippen LogP contribution in [0, 0.1) is 11.8 Å². The molecule has 2 rings (SSSR count). The Labute approximate surface area is 208 Å². The van der Waals surface area contributed by atoms with Gasteiger partial charge in [-0.15, -0.1) is 0 Å². The van der Waals surface area contributed by atoms with E-state index in [1.807, 2.05) is 18.2 Å². The molecule has 0 radical (unpaired) electrons. The first-order chi connectivity index (χ1) is 16.0. The molecule has 1 aromatic rings. The lowest BCUT2D eigenvalue weighted by Gasteiger charge is -2.42. The summed E-state index contributed by atoms with van der Waals surface area (Å²) in [5, 5.41) is 9.89. The van der Waals surface area contributed by atoms with Crippen molar-refractivity contribution in [1.29, 1.82) is 0 Å². The van der Waals surface area contributed by atoms with E-state index in [4.69, 9.17) is 23.4 Å². The second-order valence-corrected chi connectivity index (χ2v) is 16.0. The number of methoxy groups -OCH3 is 2. The molecule has 0 spiro atoms. The van der Waals surface area contributed by atoms with Crippen LogP contribution in [0.25, 0.3) is 0 Å². The Hall–Kier alpha value is -0.803. The van der Waals surface area contributed by atoms with Crippen molar-refractivity contribution in [3.05, 3.63) is 35.9 Å². The zero-order valence-corrected chi connectivity index (χ0v) is 23.6. The van der Waals surface area contributed by atoms with Crippen molar-refractivity contribution in [2.24, 2.45) is 11.8 Å². The van der Waals surface area contributed by atoms with Crippen molar-refractivity contribution in [1.82, 2.24) is 0 Å². The predicted molar refractivity (Wildman–Crippen MR) is 138 cm³/mol. The van der Waals surface area contributed by atoms with Crippen LogP contribution < -0.4 is 0 Å². The molecule has 0 aromatic heterocycles. The maximum Gasteiger partial charge on any atom is 0.192 e. The summed E-state index contributed by atoms with van der Waals surface area (Å²) in [7, 11) is 1.35. The number of aliphatic hydroxyl groups excluding tert-OH is 1. The first-order valence-corrected chi connectivity index (χ1v) is 15.5. The summed E-state index contributed by atoms with van der Waals surface area (Å²) in [6, 6.07) is 10.3. The molecule has 1 N–H and O–H groups in total. The Morgan fingerprint density at radius 2 is 1.82 bits per heavy atom. The van der Waals surface area contributed by atoms with Crippen molar-refractivity contribution >= 4 is 8.32 Å². The summed E-state index contributed by atoms with van der Waals surface area (Å²) in [4.78, 5) is 0. The maximum atomic E-state index is 9.82. The van der Waals surface area contributed by atoms with E-state index < -0.39 is 8.32 Å². The molecule has 0 aliphatic carbocycles. The van der Waals surface area contributed by atoms with Gasteiger partial charge >= 0.3 is 0 Å². The van der Waals surface area contributed by atoms with Gasteiger partial charge in [0.25, 0.3) is 0 Å². The van der Waals surface area contributed by atoms with Crippen LogP contribution in [0.1, 0.15) is 52.5 Å². The van der Waals surface area contributed by atoms with E-state index in [0.717, 1.165) is 12.8 Å². The predicted octanol–water partition coefficient (Wildman–Crippen LogP) is 5.39. The topological polar surface area (TPSA) is 66.4 Å². The van der Waals surface area contributed by atoms with E-state index in [0.29, 0.717) is 25.6 Å². The molecule has 6 atom stereocenters. The fourth-order valence-corrected chi connectivity index (χ4v) is 5.82. The molecule has 0 bridgehead atoms. The van der Waals surface area contributed by atoms with Crippen molar-refractivity contribution in [2.75, 3.05) is 27.4 Å². The Kier molecular flexibility index (Phi) is 11.7. The van der Waals surface area contributed by atoms with E-state index in [1.54, 1.807) is 14.2 Å². The molecule has 34 heavy (non-hydrogen) atoms. The lowest BCUT2D eigenvalue weighted by Crippen LogP contribution is -2.51. The number of hydrogen-bond acceptors (Lipinski definition) is 6. The average molecular weight is 497 g/mol. The SMILES string of the molecule is COC1C[C@@H](C[C@@H](C)COCc2ccccc2)[C@@H]([C@@H](OC)[C@@H](CCO)O[Si](C)(C)C(C)(C)C)O1. The fraction of sp³-hybridized carbons (Fsp3) is 0.778. The number of aliphatic hydroxyl groups is 1. The minimum atomic E-state index is -2.06. The van der Waals surface area contributed by atoms with E-state index >= 15 is 0 Å². The molecule has 1 aliphatic heterocycles. The van der Waals surface area contributed by atoms with E-state index in [2.05, 4.69) is 52.9 Å². The van der Waals surface area contributed by atoms with Gasteiger partial charge in [0.05, 0.1) is 18.8 Å². The highest BCUT2D eigenvalue weighted by atomic mass is 28.4. The quantitative estimate of drug-likeness (QED) is 0.348. The molecule has 1 aromatic carbocycles. The largest absolute Gasteiger partial charge is 0.411 e. The van der Waals surface area contributed by atoms with Gasteiger partial charge in [-0.25, -0.2) is 0 Å². The zero-order chi connectivity index (χ0) is 25.4. The number of hydrogen-bond donors (Lipinski definition) is 1. The highest BCUT2D eigenvalue weighted by Crippen LogP contribution is 2.41. The molecule has 7 heteroatoms. The maximum absolute atomic E-state index is 9.82. The highest BCUT2D eigenvalue weighted by molar-refractivity contribution is 6.74. The smallest absolute Gasteiger partial charge is 0.192 e. The van der Waals surface area contributed by atoms with Gasteiger partial charge in [0, 0.05) is 33.9 Å². The van der Waals surface area contributed by atoms with Crippen LogP contribution >= 0.6 is 0 Å². The number of rotatable bonds is 14. The Morgan fingerprint density at radius 3 is 2.38 bits per heavy atom. The normalized spacial score (nSPS) is 24.2. The Balaban J connectivity index is 2.07. The van der Waals surface area contributed by atoms with Gasteiger partial charge in [0.2, 0.25) is 0 Å². The lowest BCUT2D eigenvalue weighted by molar-refractivity contribution is -0.165. The van der Waals surface area contributed by atoms with Crippen molar-refractivity contribution < 1.29 is 28.5 Å². The molecule has 1 fully saturated rings. The second-order valence-electron chi connectivity index (χ2n) is 11.2. The van der Waals surface area contributed by atoms with Gasteiger partial charge < -0.3 is 28.5 Å². The summed E-state index contributed by atoms with van der Waals surface area (Å²) in [5.74, 6) is 0.625. The fourth-order valence-electron chi connectivity index (χ4n) is 4.46. The summed E-state index contributed by atoms with van der Waals surface area (Å²) >= 11 is 0. The molecule has 1 heterocycles. The third kappa shape index (κ3) is 8.40. The lowest BCUT2D eigenvalue weighted by atomic mass is 9.86. The molecule has 0 saturated carbocycles. The Bertz CT molecular complexity index is 692. The third-order valence-corrected chi connectivity index (χ3v) is 11.9. The monoisotopic (exact) mass is 496 g/mol. The highest BCUT2D eigenvalue weighted by Gasteiger charge is 2.47. The van der Waals surface area contributed by atoms with Crippen LogP contribution in [0.3, 0.4) is 0 Å². The summed E-state index contributed by atoms with van der Waals surface area (Å²) in [5.41, 5.74) is 1.19. The second kappa shape index (κ2) is 13.5. The molecule has 1 saturated heterocycles. The molecule has 1 aliphatic rings. The van der Waals surface area contributed by atoms with Crippen molar-refractivity contribution in [3.8, 4) is 0 Å². The van der Waals surface area contributed by atoms with Crippen LogP contribution in [-0.4, -0.2) is 65.5 Å². The van der Waals surface area contributed by atoms with Gasteiger partial charge in [-0.1, -0.05) is 58.0 Å². The van der Waals surface area contributed by atoms with E-state index in [-0.39, 0.29) is 42.2 Å². The van der Waals surface area contributed by atoms with Gasteiger partial charge in [-0.3, -0.25) is 0 Å². The van der Waals surface area contributed by atoms with Gasteiger partial charge in [0.15, 0.2) is 14.6 Å². The first-order valence-electron chi connectivity index (χ1n) is 12.6. The summed E-state index contributed by atoms with van der Waals surface area (Å²) < 4.78 is 30.7. The van der Waals surface area contributed by atoms with Crippen LogP contribution in [0.2, 0.25) is 18.1 Å². The molecule has 0 amide bonds. The molecule has 1 unspecified atom stereocenters. The number of benzene rings is 1. The standard InChI is InChI=1S/C27H48O6Si/c1-20(18-31-19-21-12-10-9-11-13-21)16-22-17-24(29-5)32-25(22)26(30-6)23(14-15-28)33-34(7,8)27(2,3)4/h9-13,20,22-26,28H,14-19H2,1-8H3/t20-,22-,23-,24?,25+,26+/m1/s1. The van der Waals surface area contributed by atoms with E-state index in [9.17, 15) is 5.11 Å². The van der Waals surface area contributed by atoms with E-state index in [1.165, 1.54) is 5.56 Å². The van der Waals surface area contributed by atoms with Gasteiger partial charge in [-0.2, -0.15) is 0 Å². The van der Waals surface area contributed by atoms with Crippen molar-refractivity contribution in [2.45, 2.75) is 96.3 Å². The minimum Gasteiger partial charge on any atom is -0.411 e. The zero-order valence-electron chi connectivity index (χ0n) is 22.6. The summed E-state index contributed by atoms with van der Waals surface area (Å²) in [6.07, 6.45) is 1.36. The van der Waals surface area contributed by atoms with Gasteiger partial charge in [0.1, 0.15) is 6.10 Å².